The number of rotatable bonds is 6. The molecule has 2 rings (SSSR count). The number of nitrogens with one attached hydrogen (secondary N) is 2. The Morgan fingerprint density at radius 2 is 1.44 bits per heavy atom. The lowest BCUT2D eigenvalue weighted by Gasteiger charge is -2.18. The lowest BCUT2D eigenvalue weighted by molar-refractivity contribution is -0.119. The van der Waals surface area contributed by atoms with Crippen LogP contribution in [-0.4, -0.2) is 36.9 Å². The molecule has 144 valence electrons. The van der Waals surface area contributed by atoms with E-state index in [4.69, 9.17) is 23.2 Å². The standard InChI is InChI=1S/C20H23Cl2N3O2/c1-12-7-13(2)20(14(3)8-12)24-19(27)11-25(4)10-18(26)23-15-5-6-16(21)17(22)9-15/h5-9H,10-11H2,1-4H3,(H,23,26)(H,24,27). The van der Waals surface area contributed by atoms with Gasteiger partial charge in [0.2, 0.25) is 11.8 Å². The van der Waals surface area contributed by atoms with Gasteiger partial charge in [-0.3, -0.25) is 14.5 Å². The molecule has 0 saturated heterocycles. The molecule has 0 atom stereocenters. The first-order chi connectivity index (χ1) is 12.7. The maximum Gasteiger partial charge on any atom is 0.238 e. The van der Waals surface area contributed by atoms with Gasteiger partial charge < -0.3 is 10.6 Å². The average molecular weight is 408 g/mol. The van der Waals surface area contributed by atoms with Crippen LogP contribution in [0.3, 0.4) is 0 Å². The number of halogens is 2. The third-order valence-electron chi connectivity index (χ3n) is 3.97. The van der Waals surface area contributed by atoms with E-state index in [9.17, 15) is 9.59 Å². The summed E-state index contributed by atoms with van der Waals surface area (Å²) in [6.45, 7) is 6.11. The Labute approximate surface area is 169 Å². The molecular formula is C20H23Cl2N3O2. The van der Waals surface area contributed by atoms with Crippen LogP contribution in [0, 0.1) is 20.8 Å². The first kappa shape index (κ1) is 21.2. The van der Waals surface area contributed by atoms with Crippen molar-refractivity contribution < 1.29 is 9.59 Å². The number of likely N-dealkylation sites (N-methyl/N-ethyl adjacent to an activating group) is 1. The Bertz CT molecular complexity index is 845. The fraction of sp³-hybridized carbons (Fsp3) is 0.300. The maximum atomic E-state index is 12.3. The number of aryl methyl sites for hydroxylation is 3. The van der Waals surface area contributed by atoms with Crippen molar-refractivity contribution in [2.75, 3.05) is 30.8 Å². The van der Waals surface area contributed by atoms with Crippen LogP contribution in [0.4, 0.5) is 11.4 Å². The molecule has 0 aliphatic carbocycles. The Kier molecular flexibility index (Phi) is 7.25. The molecular weight excluding hydrogens is 385 g/mol. The van der Waals surface area contributed by atoms with E-state index in [2.05, 4.69) is 10.6 Å². The summed E-state index contributed by atoms with van der Waals surface area (Å²) >= 11 is 11.8. The fourth-order valence-electron chi connectivity index (χ4n) is 2.88. The fourth-order valence-corrected chi connectivity index (χ4v) is 3.17. The highest BCUT2D eigenvalue weighted by Crippen LogP contribution is 2.25. The molecule has 0 radical (unpaired) electrons. The predicted molar refractivity (Wildman–Crippen MR) is 112 cm³/mol. The van der Waals surface area contributed by atoms with E-state index in [1.807, 2.05) is 32.9 Å². The first-order valence-electron chi connectivity index (χ1n) is 8.47. The van der Waals surface area contributed by atoms with E-state index in [-0.39, 0.29) is 24.9 Å². The van der Waals surface area contributed by atoms with E-state index >= 15 is 0 Å². The number of hydrogen-bond acceptors (Lipinski definition) is 3. The summed E-state index contributed by atoms with van der Waals surface area (Å²) in [5.41, 5.74) is 4.55. The minimum Gasteiger partial charge on any atom is -0.325 e. The molecule has 0 bridgehead atoms. The highest BCUT2D eigenvalue weighted by atomic mass is 35.5. The van der Waals surface area contributed by atoms with Crippen LogP contribution in [0.25, 0.3) is 0 Å². The van der Waals surface area contributed by atoms with Gasteiger partial charge in [-0.1, -0.05) is 40.9 Å². The van der Waals surface area contributed by atoms with Gasteiger partial charge in [0.15, 0.2) is 0 Å². The predicted octanol–water partition coefficient (Wildman–Crippen LogP) is 4.43. The Hall–Kier alpha value is -2.08. The first-order valence-corrected chi connectivity index (χ1v) is 9.22. The van der Waals surface area contributed by atoms with Gasteiger partial charge in [0, 0.05) is 11.4 Å². The van der Waals surface area contributed by atoms with Crippen LogP contribution < -0.4 is 10.6 Å². The summed E-state index contributed by atoms with van der Waals surface area (Å²) in [6.07, 6.45) is 0. The lowest BCUT2D eigenvalue weighted by atomic mass is 10.1. The molecule has 5 nitrogen and oxygen atoms in total. The van der Waals surface area contributed by atoms with Crippen LogP contribution in [0.5, 0.6) is 0 Å². The summed E-state index contributed by atoms with van der Waals surface area (Å²) < 4.78 is 0. The van der Waals surface area contributed by atoms with Crippen molar-refractivity contribution in [1.29, 1.82) is 0 Å². The molecule has 2 aromatic rings. The summed E-state index contributed by atoms with van der Waals surface area (Å²) in [5.74, 6) is -0.415. The highest BCUT2D eigenvalue weighted by Gasteiger charge is 2.13. The SMILES string of the molecule is Cc1cc(C)c(NC(=O)CN(C)CC(=O)Nc2ccc(Cl)c(Cl)c2)c(C)c1. The number of hydrogen-bond donors (Lipinski definition) is 2. The van der Waals surface area contributed by atoms with Gasteiger partial charge in [0.1, 0.15) is 0 Å². The zero-order valence-corrected chi connectivity index (χ0v) is 17.3. The maximum absolute atomic E-state index is 12.3. The number of anilines is 2. The quantitative estimate of drug-likeness (QED) is 0.744. The van der Waals surface area contributed by atoms with Crippen molar-refractivity contribution in [2.24, 2.45) is 0 Å². The lowest BCUT2D eigenvalue weighted by Crippen LogP contribution is -2.36. The van der Waals surface area contributed by atoms with Gasteiger partial charge in [0.25, 0.3) is 0 Å². The van der Waals surface area contributed by atoms with Crippen LogP contribution in [0.1, 0.15) is 16.7 Å². The largest absolute Gasteiger partial charge is 0.325 e. The second-order valence-electron chi connectivity index (χ2n) is 6.67. The van der Waals surface area contributed by atoms with Crippen LogP contribution in [-0.2, 0) is 9.59 Å². The van der Waals surface area contributed by atoms with Gasteiger partial charge >= 0.3 is 0 Å². The zero-order valence-electron chi connectivity index (χ0n) is 15.8. The van der Waals surface area contributed by atoms with Crippen molar-refractivity contribution in [3.63, 3.8) is 0 Å². The third kappa shape index (κ3) is 6.24. The van der Waals surface area contributed by atoms with Crippen LogP contribution >= 0.6 is 23.2 Å². The van der Waals surface area contributed by atoms with Crippen molar-refractivity contribution in [3.05, 3.63) is 57.1 Å². The topological polar surface area (TPSA) is 61.4 Å². The van der Waals surface area contributed by atoms with E-state index < -0.39 is 0 Å². The van der Waals surface area contributed by atoms with Gasteiger partial charge in [-0.15, -0.1) is 0 Å². The second-order valence-corrected chi connectivity index (χ2v) is 7.49. The molecule has 0 aromatic heterocycles. The van der Waals surface area contributed by atoms with E-state index in [0.717, 1.165) is 22.4 Å². The van der Waals surface area contributed by atoms with E-state index in [1.54, 1.807) is 30.1 Å². The zero-order chi connectivity index (χ0) is 20.1. The normalized spacial score (nSPS) is 10.8. The molecule has 0 aliphatic heterocycles. The van der Waals surface area contributed by atoms with Crippen molar-refractivity contribution in [1.82, 2.24) is 4.90 Å². The van der Waals surface area contributed by atoms with E-state index in [1.165, 1.54) is 0 Å². The molecule has 2 N–H and O–H groups in total. The van der Waals surface area contributed by atoms with Gasteiger partial charge in [-0.2, -0.15) is 0 Å². The monoisotopic (exact) mass is 407 g/mol. The van der Waals surface area contributed by atoms with Crippen molar-refractivity contribution in [2.45, 2.75) is 20.8 Å². The third-order valence-corrected chi connectivity index (χ3v) is 4.71. The summed E-state index contributed by atoms with van der Waals surface area (Å²) in [4.78, 5) is 26.1. The smallest absolute Gasteiger partial charge is 0.238 e. The van der Waals surface area contributed by atoms with Crippen molar-refractivity contribution >= 4 is 46.4 Å². The summed E-state index contributed by atoms with van der Waals surface area (Å²) in [7, 11) is 1.71. The van der Waals surface area contributed by atoms with Gasteiger partial charge in [-0.05, 0) is 57.1 Å². The molecule has 0 fully saturated rings. The molecule has 27 heavy (non-hydrogen) atoms. The Balaban J connectivity index is 1.89. The molecule has 0 saturated carbocycles. The molecule has 2 aromatic carbocycles. The van der Waals surface area contributed by atoms with Crippen LogP contribution in [0.15, 0.2) is 30.3 Å². The molecule has 0 unspecified atom stereocenters. The molecule has 0 aliphatic rings. The molecule has 7 heteroatoms. The molecule has 0 spiro atoms. The number of benzene rings is 2. The van der Waals surface area contributed by atoms with Crippen molar-refractivity contribution in [3.8, 4) is 0 Å². The minimum absolute atomic E-state index is 0.0690. The average Bonchev–Trinajstić information content (AvgIpc) is 2.54. The second kappa shape index (κ2) is 9.22. The number of amides is 2. The molecule has 2 amide bonds. The Morgan fingerprint density at radius 3 is 2.00 bits per heavy atom. The number of nitrogens with zero attached hydrogens (tertiary/aromatic N) is 1. The van der Waals surface area contributed by atoms with Gasteiger partial charge in [-0.25, -0.2) is 0 Å². The van der Waals surface area contributed by atoms with Gasteiger partial charge in [0.05, 0.1) is 23.1 Å². The Morgan fingerprint density at radius 1 is 0.889 bits per heavy atom. The van der Waals surface area contributed by atoms with E-state index in [0.29, 0.717) is 15.7 Å². The molecule has 0 heterocycles. The summed E-state index contributed by atoms with van der Waals surface area (Å²) in [5, 5.41) is 6.45. The highest BCUT2D eigenvalue weighted by molar-refractivity contribution is 6.42. The van der Waals surface area contributed by atoms with Crippen LogP contribution in [0.2, 0.25) is 10.0 Å². The number of carbonyl (C=O) groups is 2. The number of carbonyl (C=O) groups excluding carboxylic acids is 2. The minimum atomic E-state index is -0.244. The summed E-state index contributed by atoms with van der Waals surface area (Å²) in [6, 6.07) is 8.91.